The Bertz CT molecular complexity index is 143. The van der Waals surface area contributed by atoms with E-state index in [1.165, 1.54) is 11.0 Å². The van der Waals surface area contributed by atoms with E-state index in [1.807, 2.05) is 11.9 Å². The van der Waals surface area contributed by atoms with E-state index < -0.39 is 0 Å². The molecule has 0 aromatic carbocycles. The van der Waals surface area contributed by atoms with E-state index in [0.717, 1.165) is 32.3 Å². The smallest absolute Gasteiger partial charge is 0.0633 e. The van der Waals surface area contributed by atoms with Crippen LogP contribution in [0.3, 0.4) is 0 Å². The van der Waals surface area contributed by atoms with Crippen LogP contribution in [0.5, 0.6) is 0 Å². The molecule has 0 radical (unpaired) electrons. The van der Waals surface area contributed by atoms with Gasteiger partial charge in [-0.15, -0.1) is 0 Å². The highest BCUT2D eigenvalue weighted by Crippen LogP contribution is 2.22. The molecule has 0 aromatic heterocycles. The Labute approximate surface area is 94.3 Å². The molecule has 0 aromatic rings. The molecule has 1 saturated heterocycles. The minimum atomic E-state index is 1.01. The van der Waals surface area contributed by atoms with E-state index in [4.69, 9.17) is 0 Å². The van der Waals surface area contributed by atoms with Crippen LogP contribution in [0.15, 0.2) is 0 Å². The average Bonchev–Trinajstić information content (AvgIpc) is 2.61. The van der Waals surface area contributed by atoms with Gasteiger partial charge in [0.2, 0.25) is 0 Å². The van der Waals surface area contributed by atoms with Crippen molar-refractivity contribution in [3.05, 3.63) is 0 Å². The Morgan fingerprint density at radius 3 is 2.77 bits per heavy atom. The van der Waals surface area contributed by atoms with E-state index in [2.05, 4.69) is 39.0 Å². The van der Waals surface area contributed by atoms with Crippen LogP contribution in [0.1, 0.15) is 13.8 Å². The van der Waals surface area contributed by atoms with E-state index >= 15 is 0 Å². The number of hydrogen-bond acceptors (Lipinski definition) is 6. The highest BCUT2D eigenvalue weighted by Gasteiger charge is 2.20. The monoisotopic (exact) mass is 239 g/mol. The Balaban J connectivity index is 2.22. The second-order valence-corrected chi connectivity index (χ2v) is 5.09. The maximum absolute atomic E-state index is 4.21. The summed E-state index contributed by atoms with van der Waals surface area (Å²) in [5.41, 5.74) is 0. The van der Waals surface area contributed by atoms with Crippen molar-refractivity contribution in [2.75, 3.05) is 32.3 Å². The zero-order valence-corrected chi connectivity index (χ0v) is 10.7. The van der Waals surface area contributed by atoms with Crippen LogP contribution < -0.4 is 0 Å². The van der Waals surface area contributed by atoms with Crippen molar-refractivity contribution in [3.63, 3.8) is 0 Å². The highest BCUT2D eigenvalue weighted by atomic mass is 33.1. The molecular weight excluding hydrogens is 222 g/mol. The average molecular weight is 239 g/mol. The van der Waals surface area contributed by atoms with Crippen LogP contribution in [0, 0.1) is 0 Å². The molecule has 1 aliphatic heterocycles. The standard InChI is InChI=1S/C7H17N3S3/c1-3-9-5-8(7-12-9)6-10(4-2)13-11/h11H,3-7H2,1-2H3. The lowest BCUT2D eigenvalue weighted by Crippen LogP contribution is -2.33. The van der Waals surface area contributed by atoms with Gasteiger partial charge in [0.1, 0.15) is 0 Å². The quantitative estimate of drug-likeness (QED) is 0.445. The molecular formula is C7H17N3S3. The van der Waals surface area contributed by atoms with Gasteiger partial charge in [-0.1, -0.05) is 37.5 Å². The Morgan fingerprint density at radius 1 is 1.54 bits per heavy atom. The molecule has 13 heavy (non-hydrogen) atoms. The van der Waals surface area contributed by atoms with Gasteiger partial charge in [0.05, 0.1) is 19.2 Å². The molecule has 1 rings (SSSR count). The summed E-state index contributed by atoms with van der Waals surface area (Å²) in [5.74, 6) is 1.11. The largest absolute Gasteiger partial charge is 0.265 e. The molecule has 0 amide bonds. The van der Waals surface area contributed by atoms with Crippen LogP contribution in [-0.2, 0) is 0 Å². The van der Waals surface area contributed by atoms with Crippen LogP contribution in [0.4, 0.5) is 0 Å². The molecule has 1 fully saturated rings. The first-order chi connectivity index (χ1) is 6.30. The van der Waals surface area contributed by atoms with Gasteiger partial charge in [0, 0.05) is 13.1 Å². The SMILES string of the molecule is CCN(CN1CSN(CC)C1)SS. The second-order valence-electron chi connectivity index (χ2n) is 2.89. The predicted molar refractivity (Wildman–Crippen MR) is 65.4 cm³/mol. The lowest BCUT2D eigenvalue weighted by Gasteiger charge is -2.22. The van der Waals surface area contributed by atoms with Crippen LogP contribution >= 0.6 is 34.6 Å². The second kappa shape index (κ2) is 6.42. The first-order valence-electron chi connectivity index (χ1n) is 4.46. The van der Waals surface area contributed by atoms with Gasteiger partial charge in [-0.3, -0.25) is 4.90 Å². The summed E-state index contributed by atoms with van der Waals surface area (Å²) in [6.45, 7) is 8.61. The molecule has 0 aliphatic carbocycles. The summed E-state index contributed by atoms with van der Waals surface area (Å²) < 4.78 is 4.61. The van der Waals surface area contributed by atoms with Crippen LogP contribution in [0.2, 0.25) is 0 Å². The number of nitrogens with zero attached hydrogens (tertiary/aromatic N) is 3. The Morgan fingerprint density at radius 2 is 2.31 bits per heavy atom. The van der Waals surface area contributed by atoms with Gasteiger partial charge < -0.3 is 0 Å². The van der Waals surface area contributed by atoms with Gasteiger partial charge in [0.25, 0.3) is 0 Å². The number of hydrogen-bond donors (Lipinski definition) is 1. The normalized spacial score (nSPS) is 20.3. The topological polar surface area (TPSA) is 9.72 Å². The molecule has 0 saturated carbocycles. The van der Waals surface area contributed by atoms with Crippen molar-refractivity contribution in [2.24, 2.45) is 0 Å². The van der Waals surface area contributed by atoms with Crippen molar-refractivity contribution >= 4 is 34.6 Å². The van der Waals surface area contributed by atoms with Gasteiger partial charge in [0.15, 0.2) is 0 Å². The molecule has 6 heteroatoms. The van der Waals surface area contributed by atoms with E-state index in [9.17, 15) is 0 Å². The van der Waals surface area contributed by atoms with E-state index in [0.29, 0.717) is 0 Å². The fourth-order valence-corrected chi connectivity index (χ4v) is 2.90. The molecule has 3 nitrogen and oxygen atoms in total. The summed E-state index contributed by atoms with van der Waals surface area (Å²) in [4.78, 5) is 2.42. The molecule has 0 bridgehead atoms. The molecule has 1 aliphatic rings. The first-order valence-corrected chi connectivity index (χ1v) is 7.23. The Kier molecular flexibility index (Phi) is 5.93. The lowest BCUT2D eigenvalue weighted by atomic mass is 10.7. The first kappa shape index (κ1) is 12.0. The summed E-state index contributed by atoms with van der Waals surface area (Å²) in [7, 11) is 1.52. The maximum Gasteiger partial charge on any atom is 0.0633 e. The van der Waals surface area contributed by atoms with Gasteiger partial charge in [-0.25, -0.2) is 8.61 Å². The zero-order valence-electron chi connectivity index (χ0n) is 8.14. The fourth-order valence-electron chi connectivity index (χ4n) is 1.15. The summed E-state index contributed by atoms with van der Waals surface area (Å²) in [6.07, 6.45) is 0. The van der Waals surface area contributed by atoms with Gasteiger partial charge >= 0.3 is 0 Å². The van der Waals surface area contributed by atoms with Crippen molar-refractivity contribution in [2.45, 2.75) is 13.8 Å². The summed E-state index contributed by atoms with van der Waals surface area (Å²) >= 11 is 6.12. The molecule has 0 spiro atoms. The fraction of sp³-hybridized carbons (Fsp3) is 1.00. The summed E-state index contributed by atoms with van der Waals surface area (Å²) in [6, 6.07) is 0. The third kappa shape index (κ3) is 3.89. The van der Waals surface area contributed by atoms with Gasteiger partial charge in [-0.2, -0.15) is 0 Å². The van der Waals surface area contributed by atoms with Gasteiger partial charge in [-0.05, 0) is 11.0 Å². The van der Waals surface area contributed by atoms with Crippen molar-refractivity contribution in [3.8, 4) is 0 Å². The predicted octanol–water partition coefficient (Wildman–Crippen LogP) is 1.96. The third-order valence-electron chi connectivity index (χ3n) is 1.96. The lowest BCUT2D eigenvalue weighted by molar-refractivity contribution is 0.209. The van der Waals surface area contributed by atoms with E-state index in [-0.39, 0.29) is 0 Å². The minimum absolute atomic E-state index is 1.01. The third-order valence-corrected chi connectivity index (χ3v) is 4.48. The Hall–Kier alpha value is 0.930. The molecule has 0 atom stereocenters. The van der Waals surface area contributed by atoms with Crippen molar-refractivity contribution in [1.82, 2.24) is 13.5 Å². The summed E-state index contributed by atoms with van der Waals surface area (Å²) in [5, 5.41) is 0. The van der Waals surface area contributed by atoms with E-state index in [1.54, 1.807) is 0 Å². The number of thiol groups is 1. The minimum Gasteiger partial charge on any atom is -0.265 e. The molecule has 1 heterocycles. The van der Waals surface area contributed by atoms with Crippen LogP contribution in [0.25, 0.3) is 0 Å². The molecule has 0 N–H and O–H groups in total. The van der Waals surface area contributed by atoms with Crippen molar-refractivity contribution in [1.29, 1.82) is 0 Å². The molecule has 0 unspecified atom stereocenters. The number of rotatable bonds is 5. The maximum atomic E-state index is 4.21. The van der Waals surface area contributed by atoms with Crippen molar-refractivity contribution < 1.29 is 0 Å². The molecule has 78 valence electrons. The highest BCUT2D eigenvalue weighted by molar-refractivity contribution is 8.67. The van der Waals surface area contributed by atoms with Crippen LogP contribution in [-0.4, -0.2) is 45.8 Å². The zero-order chi connectivity index (χ0) is 9.68.